The lowest BCUT2D eigenvalue weighted by atomic mass is 10.3. The highest BCUT2D eigenvalue weighted by Gasteiger charge is 2.11. The van der Waals surface area contributed by atoms with E-state index in [4.69, 9.17) is 10.2 Å². The normalized spacial score (nSPS) is 10.3. The Hall–Kier alpha value is -1.36. The molecule has 0 unspecified atom stereocenters. The summed E-state index contributed by atoms with van der Waals surface area (Å²) in [7, 11) is 0. The van der Waals surface area contributed by atoms with Gasteiger partial charge in [-0.05, 0) is 19.4 Å². The van der Waals surface area contributed by atoms with Gasteiger partial charge in [-0.15, -0.1) is 0 Å². The first-order valence-corrected chi connectivity index (χ1v) is 4.03. The highest BCUT2D eigenvalue weighted by atomic mass is 16.4. The predicted octanol–water partition coefficient (Wildman–Crippen LogP) is 0.272. The van der Waals surface area contributed by atoms with E-state index >= 15 is 0 Å². The molecule has 2 N–H and O–H groups in total. The minimum absolute atomic E-state index is 0.0396. The summed E-state index contributed by atoms with van der Waals surface area (Å²) in [5.74, 6) is -0.987. The van der Waals surface area contributed by atoms with Crippen LogP contribution in [0.25, 0.3) is 0 Å². The fraction of sp³-hybridized carbons (Fsp3) is 0.500. The summed E-state index contributed by atoms with van der Waals surface area (Å²) >= 11 is 0. The molecule has 0 aliphatic rings. The summed E-state index contributed by atoms with van der Waals surface area (Å²) in [5.41, 5.74) is 0.848. The summed E-state index contributed by atoms with van der Waals surface area (Å²) in [6.45, 7) is 2.21. The van der Waals surface area contributed by atoms with Crippen molar-refractivity contribution in [3.8, 4) is 0 Å². The van der Waals surface area contributed by atoms with Crippen molar-refractivity contribution in [3.63, 3.8) is 0 Å². The highest BCUT2D eigenvalue weighted by molar-refractivity contribution is 5.85. The van der Waals surface area contributed by atoms with E-state index in [1.54, 1.807) is 6.92 Å². The summed E-state index contributed by atoms with van der Waals surface area (Å²) < 4.78 is 1.40. The molecular weight excluding hydrogens is 172 g/mol. The van der Waals surface area contributed by atoms with Gasteiger partial charge in [0, 0.05) is 13.2 Å². The van der Waals surface area contributed by atoms with Gasteiger partial charge < -0.3 is 10.2 Å². The van der Waals surface area contributed by atoms with Crippen LogP contribution in [0.15, 0.2) is 6.07 Å². The van der Waals surface area contributed by atoms with E-state index in [1.807, 2.05) is 0 Å². The summed E-state index contributed by atoms with van der Waals surface area (Å²) in [4.78, 5) is 10.7. The van der Waals surface area contributed by atoms with Gasteiger partial charge >= 0.3 is 5.97 Å². The highest BCUT2D eigenvalue weighted by Crippen LogP contribution is 2.04. The van der Waals surface area contributed by atoms with Gasteiger partial charge in [0.1, 0.15) is 5.69 Å². The van der Waals surface area contributed by atoms with Crippen LogP contribution in [-0.2, 0) is 6.54 Å². The van der Waals surface area contributed by atoms with Gasteiger partial charge in [0.05, 0.1) is 5.69 Å². The monoisotopic (exact) mass is 184 g/mol. The van der Waals surface area contributed by atoms with Crippen LogP contribution in [0.1, 0.15) is 22.6 Å². The van der Waals surface area contributed by atoms with Crippen LogP contribution in [0.2, 0.25) is 0 Å². The molecule has 0 bridgehead atoms. The molecule has 1 aromatic rings. The van der Waals surface area contributed by atoms with Crippen molar-refractivity contribution in [1.29, 1.82) is 0 Å². The Balaban J connectivity index is 2.84. The fourth-order valence-electron chi connectivity index (χ4n) is 1.11. The largest absolute Gasteiger partial charge is 0.477 e. The van der Waals surface area contributed by atoms with Gasteiger partial charge in [0.25, 0.3) is 0 Å². The number of hydrogen-bond acceptors (Lipinski definition) is 3. The lowest BCUT2D eigenvalue weighted by molar-refractivity contribution is 0.0682. The molecule has 0 aromatic carbocycles. The molecule has 0 fully saturated rings. The molecular formula is C8H12N2O3. The van der Waals surface area contributed by atoms with Crippen molar-refractivity contribution in [2.45, 2.75) is 19.9 Å². The first kappa shape index (κ1) is 9.73. The standard InChI is InChI=1S/C8H12N2O3/c1-6-5-7(8(12)13)10(9-6)3-2-4-11/h5,11H,2-4H2,1H3,(H,12,13). The van der Waals surface area contributed by atoms with E-state index < -0.39 is 5.97 Å². The molecule has 0 saturated carbocycles. The van der Waals surface area contributed by atoms with Crippen LogP contribution in [0.3, 0.4) is 0 Å². The Labute approximate surface area is 75.6 Å². The molecule has 5 heteroatoms. The molecule has 0 aliphatic heterocycles. The quantitative estimate of drug-likeness (QED) is 0.704. The van der Waals surface area contributed by atoms with Crippen molar-refractivity contribution < 1.29 is 15.0 Å². The zero-order valence-corrected chi connectivity index (χ0v) is 7.40. The van der Waals surface area contributed by atoms with E-state index in [0.29, 0.717) is 18.7 Å². The predicted molar refractivity (Wildman–Crippen MR) is 45.6 cm³/mol. The topological polar surface area (TPSA) is 75.3 Å². The lowest BCUT2D eigenvalue weighted by Crippen LogP contribution is -2.10. The smallest absolute Gasteiger partial charge is 0.354 e. The molecule has 0 radical (unpaired) electrons. The average molecular weight is 184 g/mol. The van der Waals surface area contributed by atoms with E-state index in [1.165, 1.54) is 10.7 Å². The van der Waals surface area contributed by atoms with Crippen LogP contribution < -0.4 is 0 Å². The average Bonchev–Trinajstić information content (AvgIpc) is 2.43. The fourth-order valence-corrected chi connectivity index (χ4v) is 1.11. The second-order valence-electron chi connectivity index (χ2n) is 2.78. The molecule has 0 atom stereocenters. The number of hydrogen-bond donors (Lipinski definition) is 2. The SMILES string of the molecule is Cc1cc(C(=O)O)n(CCCO)n1. The van der Waals surface area contributed by atoms with E-state index in [0.717, 1.165) is 0 Å². The van der Waals surface area contributed by atoms with Gasteiger partial charge in [-0.3, -0.25) is 4.68 Å². The Kier molecular flexibility index (Phi) is 3.02. The third-order valence-corrected chi connectivity index (χ3v) is 1.65. The molecule has 72 valence electrons. The van der Waals surface area contributed by atoms with Gasteiger partial charge in [-0.25, -0.2) is 4.79 Å². The number of carbonyl (C=O) groups is 1. The molecule has 1 aromatic heterocycles. The molecule has 13 heavy (non-hydrogen) atoms. The Morgan fingerprint density at radius 3 is 2.92 bits per heavy atom. The number of aryl methyl sites for hydroxylation is 2. The number of carboxylic acids is 1. The van der Waals surface area contributed by atoms with Gasteiger partial charge in [0.15, 0.2) is 0 Å². The first-order chi connectivity index (χ1) is 6.15. The zero-order valence-electron chi connectivity index (χ0n) is 7.40. The molecule has 0 spiro atoms. The lowest BCUT2D eigenvalue weighted by Gasteiger charge is -2.01. The number of aliphatic hydroxyl groups excluding tert-OH is 1. The van der Waals surface area contributed by atoms with Gasteiger partial charge in [-0.2, -0.15) is 5.10 Å². The third kappa shape index (κ3) is 2.29. The van der Waals surface area contributed by atoms with Crippen LogP contribution >= 0.6 is 0 Å². The number of aliphatic hydroxyl groups is 1. The second kappa shape index (κ2) is 4.04. The van der Waals surface area contributed by atoms with Gasteiger partial charge in [0.2, 0.25) is 0 Å². The Morgan fingerprint density at radius 2 is 2.38 bits per heavy atom. The molecule has 0 amide bonds. The van der Waals surface area contributed by atoms with Crippen LogP contribution in [-0.4, -0.2) is 32.6 Å². The van der Waals surface area contributed by atoms with E-state index in [2.05, 4.69) is 5.10 Å². The van der Waals surface area contributed by atoms with E-state index in [-0.39, 0.29) is 12.3 Å². The molecule has 5 nitrogen and oxygen atoms in total. The van der Waals surface area contributed by atoms with Crippen molar-refractivity contribution in [2.75, 3.05) is 6.61 Å². The van der Waals surface area contributed by atoms with E-state index in [9.17, 15) is 4.79 Å². The molecule has 1 rings (SSSR count). The minimum Gasteiger partial charge on any atom is -0.477 e. The maximum absolute atomic E-state index is 10.7. The Bertz CT molecular complexity index is 306. The zero-order chi connectivity index (χ0) is 9.84. The number of aromatic carboxylic acids is 1. The van der Waals surface area contributed by atoms with Crippen molar-refractivity contribution in [2.24, 2.45) is 0 Å². The maximum atomic E-state index is 10.7. The van der Waals surface area contributed by atoms with Crippen molar-refractivity contribution in [3.05, 3.63) is 17.5 Å². The summed E-state index contributed by atoms with van der Waals surface area (Å²) in [6, 6.07) is 1.51. The van der Waals surface area contributed by atoms with Crippen LogP contribution in [0.5, 0.6) is 0 Å². The molecule has 1 heterocycles. The minimum atomic E-state index is -0.987. The number of carboxylic acid groups (broad SMARTS) is 1. The van der Waals surface area contributed by atoms with Crippen LogP contribution in [0.4, 0.5) is 0 Å². The molecule has 0 aliphatic carbocycles. The van der Waals surface area contributed by atoms with Gasteiger partial charge in [-0.1, -0.05) is 0 Å². The Morgan fingerprint density at radius 1 is 1.69 bits per heavy atom. The maximum Gasteiger partial charge on any atom is 0.354 e. The third-order valence-electron chi connectivity index (χ3n) is 1.65. The number of aromatic nitrogens is 2. The number of nitrogens with zero attached hydrogens (tertiary/aromatic N) is 2. The summed E-state index contributed by atoms with van der Waals surface area (Å²) in [6.07, 6.45) is 0.515. The second-order valence-corrected chi connectivity index (χ2v) is 2.78. The van der Waals surface area contributed by atoms with Crippen molar-refractivity contribution in [1.82, 2.24) is 9.78 Å². The molecule has 0 saturated heterocycles. The summed E-state index contributed by atoms with van der Waals surface area (Å²) in [5, 5.41) is 21.3. The first-order valence-electron chi connectivity index (χ1n) is 4.03. The van der Waals surface area contributed by atoms with Crippen molar-refractivity contribution >= 4 is 5.97 Å². The van der Waals surface area contributed by atoms with Crippen LogP contribution in [0, 0.1) is 6.92 Å². The number of rotatable bonds is 4.